The number of halogens is 3. The van der Waals surface area contributed by atoms with E-state index in [2.05, 4.69) is 6.92 Å². The highest BCUT2D eigenvalue weighted by atomic mass is 35.5. The first-order chi connectivity index (χ1) is 8.85. The zero-order valence-electron chi connectivity index (χ0n) is 11.4. The average Bonchev–Trinajstić information content (AvgIpc) is 2.31. The van der Waals surface area contributed by atoms with Crippen molar-refractivity contribution in [3.8, 4) is 5.75 Å². The van der Waals surface area contributed by atoms with E-state index in [9.17, 15) is 0 Å². The monoisotopic (exact) mass is 340 g/mol. The lowest BCUT2D eigenvalue weighted by Crippen LogP contribution is -2.38. The molecule has 0 aliphatic carbocycles. The second kappa shape index (κ2) is 7.74. The summed E-state index contributed by atoms with van der Waals surface area (Å²) in [5.74, 6) is 0.492. The first-order valence-corrected chi connectivity index (χ1v) is 10.3. The highest BCUT2D eigenvalue weighted by molar-refractivity contribution is 6.65. The van der Waals surface area contributed by atoms with Crippen molar-refractivity contribution in [1.29, 1.82) is 0 Å². The summed E-state index contributed by atoms with van der Waals surface area (Å²) in [7, 11) is -2.27. The summed E-state index contributed by atoms with van der Waals surface area (Å²) in [6.45, 7) is 6.82. The van der Waals surface area contributed by atoms with Crippen LogP contribution in [0.1, 0.15) is 26.2 Å². The van der Waals surface area contributed by atoms with Crippen molar-refractivity contribution in [2.24, 2.45) is 0 Å². The Morgan fingerprint density at radius 2 is 1.79 bits per heavy atom. The lowest BCUT2D eigenvalue weighted by Gasteiger charge is -2.24. The molecule has 6 heteroatoms. The number of rotatable bonds is 7. The lowest BCUT2D eigenvalue weighted by molar-refractivity contribution is 0.241. The molecule has 0 fully saturated rings. The molecule has 0 unspecified atom stereocenters. The first kappa shape index (κ1) is 17.1. The largest absolute Gasteiger partial charge is 0.519 e. The third-order valence-electron chi connectivity index (χ3n) is 2.51. The summed E-state index contributed by atoms with van der Waals surface area (Å²) in [4.78, 5) is 0. The topological polar surface area (TPSA) is 18.5 Å². The zero-order valence-corrected chi connectivity index (χ0v) is 14.7. The predicted molar refractivity (Wildman–Crippen MR) is 85.1 cm³/mol. The third-order valence-corrected chi connectivity index (χ3v) is 5.13. The second-order valence-corrected chi connectivity index (χ2v) is 9.27. The normalized spacial score (nSPS) is 11.7. The summed E-state index contributed by atoms with van der Waals surface area (Å²) in [5, 5.41) is 1.27. The van der Waals surface area contributed by atoms with E-state index in [0.717, 1.165) is 12.8 Å². The summed E-state index contributed by atoms with van der Waals surface area (Å²) in [6.07, 6.45) is 3.37. The van der Waals surface area contributed by atoms with Crippen molar-refractivity contribution in [1.82, 2.24) is 0 Å². The molecule has 0 bridgehead atoms. The van der Waals surface area contributed by atoms with E-state index in [0.29, 0.717) is 27.4 Å². The Balaban J connectivity index is 2.67. The van der Waals surface area contributed by atoms with Crippen LogP contribution in [0, 0.1) is 0 Å². The van der Waals surface area contributed by atoms with Crippen molar-refractivity contribution in [2.45, 2.75) is 39.3 Å². The van der Waals surface area contributed by atoms with E-state index in [4.69, 9.17) is 43.7 Å². The van der Waals surface area contributed by atoms with Crippen LogP contribution < -0.4 is 4.43 Å². The maximum atomic E-state index is 6.11. The van der Waals surface area contributed by atoms with E-state index in [1.807, 2.05) is 13.1 Å². The molecule has 0 aliphatic heterocycles. The Labute approximate surface area is 131 Å². The van der Waals surface area contributed by atoms with E-state index < -0.39 is 8.56 Å². The molecule has 108 valence electrons. The van der Waals surface area contributed by atoms with Gasteiger partial charge in [-0.1, -0.05) is 54.6 Å². The molecule has 0 radical (unpaired) electrons. The minimum atomic E-state index is -2.27. The highest BCUT2D eigenvalue weighted by Gasteiger charge is 2.28. The Morgan fingerprint density at radius 3 is 2.42 bits per heavy atom. The van der Waals surface area contributed by atoms with Gasteiger partial charge in [0.05, 0.1) is 10.0 Å². The van der Waals surface area contributed by atoms with Gasteiger partial charge in [-0.3, -0.25) is 0 Å². The van der Waals surface area contributed by atoms with Gasteiger partial charge in [0.25, 0.3) is 0 Å². The fraction of sp³-hybridized carbons (Fsp3) is 0.538. The van der Waals surface area contributed by atoms with E-state index >= 15 is 0 Å². The SMILES string of the molecule is CCCCCO[Si](C)(C)Oc1cc(Cl)cc(Cl)c1Cl. The van der Waals surface area contributed by atoms with Crippen molar-refractivity contribution in [3.05, 3.63) is 27.2 Å². The van der Waals surface area contributed by atoms with Crippen molar-refractivity contribution in [3.63, 3.8) is 0 Å². The molecule has 0 saturated heterocycles. The van der Waals surface area contributed by atoms with Gasteiger partial charge in [0.2, 0.25) is 0 Å². The molecule has 1 aromatic rings. The van der Waals surface area contributed by atoms with E-state index in [1.165, 1.54) is 6.42 Å². The molecule has 0 aromatic heterocycles. The van der Waals surface area contributed by atoms with Gasteiger partial charge in [-0.15, -0.1) is 0 Å². The molecule has 1 rings (SSSR count). The van der Waals surface area contributed by atoms with Gasteiger partial charge in [0, 0.05) is 11.6 Å². The van der Waals surface area contributed by atoms with Gasteiger partial charge in [-0.25, -0.2) is 0 Å². The van der Waals surface area contributed by atoms with Crippen LogP contribution in [0.4, 0.5) is 0 Å². The van der Waals surface area contributed by atoms with Crippen molar-refractivity contribution >= 4 is 43.4 Å². The molecule has 0 atom stereocenters. The van der Waals surface area contributed by atoms with Gasteiger partial charge >= 0.3 is 8.56 Å². The predicted octanol–water partition coefficient (Wildman–Crippen LogP) is 5.93. The molecule has 0 amide bonds. The Kier molecular flexibility index (Phi) is 6.98. The van der Waals surface area contributed by atoms with Gasteiger partial charge in [-0.2, -0.15) is 0 Å². The summed E-state index contributed by atoms with van der Waals surface area (Å²) >= 11 is 18.0. The molecule has 0 aliphatic rings. The number of unbranched alkanes of at least 4 members (excludes halogenated alkanes) is 2. The fourth-order valence-corrected chi connectivity index (χ4v) is 3.64. The van der Waals surface area contributed by atoms with Gasteiger partial charge < -0.3 is 8.85 Å². The second-order valence-electron chi connectivity index (χ2n) is 4.76. The number of hydrogen-bond acceptors (Lipinski definition) is 2. The smallest absolute Gasteiger partial charge is 0.392 e. The number of benzene rings is 1. The van der Waals surface area contributed by atoms with Crippen LogP contribution in [0.5, 0.6) is 5.75 Å². The van der Waals surface area contributed by atoms with Crippen LogP contribution in [0.2, 0.25) is 28.2 Å². The van der Waals surface area contributed by atoms with Crippen LogP contribution in [-0.2, 0) is 4.43 Å². The molecular formula is C13H19Cl3O2Si. The molecular weight excluding hydrogens is 323 g/mol. The van der Waals surface area contributed by atoms with Crippen LogP contribution >= 0.6 is 34.8 Å². The minimum absolute atomic E-state index is 0.379. The van der Waals surface area contributed by atoms with E-state index in [-0.39, 0.29) is 0 Å². The fourth-order valence-electron chi connectivity index (χ4n) is 1.57. The molecule has 0 N–H and O–H groups in total. The summed E-state index contributed by atoms with van der Waals surface area (Å²) in [6, 6.07) is 3.26. The van der Waals surface area contributed by atoms with Gasteiger partial charge in [-0.05, 0) is 31.6 Å². The third kappa shape index (κ3) is 5.92. The van der Waals surface area contributed by atoms with Crippen molar-refractivity contribution in [2.75, 3.05) is 6.61 Å². The van der Waals surface area contributed by atoms with Gasteiger partial charge in [0.1, 0.15) is 5.75 Å². The lowest BCUT2D eigenvalue weighted by atomic mass is 10.3. The minimum Gasteiger partial charge on any atom is -0.519 e. The van der Waals surface area contributed by atoms with Crippen LogP contribution in [0.25, 0.3) is 0 Å². The summed E-state index contributed by atoms with van der Waals surface area (Å²) < 4.78 is 11.7. The Bertz CT molecular complexity index is 425. The molecule has 0 heterocycles. The molecule has 0 spiro atoms. The Hall–Kier alpha value is 0.0669. The van der Waals surface area contributed by atoms with E-state index in [1.54, 1.807) is 12.1 Å². The quantitative estimate of drug-likeness (QED) is 0.347. The highest BCUT2D eigenvalue weighted by Crippen LogP contribution is 2.36. The summed E-state index contributed by atoms with van der Waals surface area (Å²) in [5.41, 5.74) is 0. The maximum Gasteiger partial charge on any atom is 0.392 e. The molecule has 1 aromatic carbocycles. The molecule has 19 heavy (non-hydrogen) atoms. The molecule has 0 saturated carbocycles. The number of hydrogen-bond donors (Lipinski definition) is 0. The van der Waals surface area contributed by atoms with Crippen LogP contribution in [-0.4, -0.2) is 15.2 Å². The average molecular weight is 342 g/mol. The maximum absolute atomic E-state index is 6.11. The molecule has 2 nitrogen and oxygen atoms in total. The van der Waals surface area contributed by atoms with Crippen molar-refractivity contribution < 1.29 is 8.85 Å². The van der Waals surface area contributed by atoms with Crippen LogP contribution in [0.3, 0.4) is 0 Å². The zero-order chi connectivity index (χ0) is 14.5. The van der Waals surface area contributed by atoms with Gasteiger partial charge in [0.15, 0.2) is 0 Å². The van der Waals surface area contributed by atoms with Crippen LogP contribution in [0.15, 0.2) is 12.1 Å². The Morgan fingerprint density at radius 1 is 1.11 bits per heavy atom. The first-order valence-electron chi connectivity index (χ1n) is 6.33. The standard InChI is InChI=1S/C13H19Cl3O2Si/c1-4-5-6-7-17-19(2,3)18-12-9-10(14)8-11(15)13(12)16/h8-9H,4-7H2,1-3H3.